The zero-order valence-corrected chi connectivity index (χ0v) is 9.37. The number of ether oxygens (including phenoxy) is 1. The van der Waals surface area contributed by atoms with E-state index in [0.29, 0.717) is 17.9 Å². The van der Waals surface area contributed by atoms with Gasteiger partial charge in [-0.3, -0.25) is 4.79 Å². The molecule has 1 rings (SSSR count). The van der Waals surface area contributed by atoms with Crippen LogP contribution in [-0.4, -0.2) is 12.5 Å². The molecular formula is C9H10INO2. The maximum atomic E-state index is 10.8. The fourth-order valence-corrected chi connectivity index (χ4v) is 1.41. The summed E-state index contributed by atoms with van der Waals surface area (Å²) in [6.45, 7) is 2.48. The number of carbonyl (C=O) groups is 1. The van der Waals surface area contributed by atoms with Crippen molar-refractivity contribution in [3.63, 3.8) is 0 Å². The van der Waals surface area contributed by atoms with Crippen molar-refractivity contribution in [3.8, 4) is 5.75 Å². The summed E-state index contributed by atoms with van der Waals surface area (Å²) in [4.78, 5) is 10.8. The van der Waals surface area contributed by atoms with Crippen molar-refractivity contribution in [2.24, 2.45) is 5.73 Å². The molecule has 0 atom stereocenters. The summed E-state index contributed by atoms with van der Waals surface area (Å²) < 4.78 is 6.29. The number of benzene rings is 1. The van der Waals surface area contributed by atoms with E-state index in [2.05, 4.69) is 22.6 Å². The summed E-state index contributed by atoms with van der Waals surface area (Å²) in [5.74, 6) is 0.275. The first-order valence-corrected chi connectivity index (χ1v) is 4.95. The standard InChI is InChI=1S/C9H10INO2/c1-2-13-8-5-6(9(11)12)3-4-7(8)10/h3-5H,2H2,1H3,(H2,11,12). The fourth-order valence-electron chi connectivity index (χ4n) is 0.923. The van der Waals surface area contributed by atoms with Gasteiger partial charge in [-0.25, -0.2) is 0 Å². The van der Waals surface area contributed by atoms with E-state index < -0.39 is 5.91 Å². The molecule has 0 heterocycles. The third kappa shape index (κ3) is 2.58. The Morgan fingerprint density at radius 3 is 2.85 bits per heavy atom. The molecule has 2 N–H and O–H groups in total. The van der Waals surface area contributed by atoms with Crippen LogP contribution in [0.1, 0.15) is 17.3 Å². The molecule has 0 bridgehead atoms. The van der Waals surface area contributed by atoms with Crippen molar-refractivity contribution in [3.05, 3.63) is 27.3 Å². The van der Waals surface area contributed by atoms with E-state index in [1.54, 1.807) is 12.1 Å². The van der Waals surface area contributed by atoms with Crippen LogP contribution in [0.3, 0.4) is 0 Å². The van der Waals surface area contributed by atoms with Crippen LogP contribution in [0, 0.1) is 3.57 Å². The van der Waals surface area contributed by atoms with Crippen molar-refractivity contribution in [1.82, 2.24) is 0 Å². The van der Waals surface area contributed by atoms with Crippen molar-refractivity contribution in [2.75, 3.05) is 6.61 Å². The van der Waals surface area contributed by atoms with Gasteiger partial charge in [-0.15, -0.1) is 0 Å². The molecule has 0 saturated heterocycles. The van der Waals surface area contributed by atoms with Crippen LogP contribution in [-0.2, 0) is 0 Å². The average Bonchev–Trinajstić information content (AvgIpc) is 2.08. The van der Waals surface area contributed by atoms with Crippen LogP contribution in [0.4, 0.5) is 0 Å². The van der Waals surface area contributed by atoms with Gasteiger partial charge in [0.2, 0.25) is 5.91 Å². The maximum Gasteiger partial charge on any atom is 0.248 e. The predicted octanol–water partition coefficient (Wildman–Crippen LogP) is 1.79. The third-order valence-corrected chi connectivity index (χ3v) is 2.41. The van der Waals surface area contributed by atoms with Crippen LogP contribution in [0.25, 0.3) is 0 Å². The van der Waals surface area contributed by atoms with Gasteiger partial charge in [-0.1, -0.05) is 0 Å². The van der Waals surface area contributed by atoms with E-state index in [1.807, 2.05) is 13.0 Å². The molecule has 0 radical (unpaired) electrons. The summed E-state index contributed by atoms with van der Waals surface area (Å²) in [6.07, 6.45) is 0. The van der Waals surface area contributed by atoms with E-state index in [9.17, 15) is 4.79 Å². The minimum absolute atomic E-state index is 0.433. The second-order valence-corrected chi connectivity index (χ2v) is 3.60. The Labute approximate surface area is 90.4 Å². The molecule has 0 aromatic heterocycles. The summed E-state index contributed by atoms with van der Waals surface area (Å²) in [5.41, 5.74) is 5.61. The first-order chi connectivity index (χ1) is 6.15. The number of hydrogen-bond donors (Lipinski definition) is 1. The number of halogens is 1. The SMILES string of the molecule is CCOc1cc(C(N)=O)ccc1I. The Morgan fingerprint density at radius 1 is 1.62 bits per heavy atom. The predicted molar refractivity (Wildman–Crippen MR) is 58.8 cm³/mol. The topological polar surface area (TPSA) is 52.3 Å². The lowest BCUT2D eigenvalue weighted by molar-refractivity contribution is 0.1000. The van der Waals surface area contributed by atoms with Gasteiger partial charge >= 0.3 is 0 Å². The van der Waals surface area contributed by atoms with Gasteiger partial charge in [0.25, 0.3) is 0 Å². The number of primary amides is 1. The Bertz CT molecular complexity index is 325. The lowest BCUT2D eigenvalue weighted by Crippen LogP contribution is -2.11. The molecule has 0 aliphatic rings. The summed E-state index contributed by atoms with van der Waals surface area (Å²) in [5, 5.41) is 0. The monoisotopic (exact) mass is 291 g/mol. The van der Waals surface area contributed by atoms with Crippen LogP contribution >= 0.6 is 22.6 Å². The lowest BCUT2D eigenvalue weighted by atomic mass is 10.2. The first kappa shape index (κ1) is 10.3. The highest BCUT2D eigenvalue weighted by Crippen LogP contribution is 2.21. The molecule has 3 nitrogen and oxygen atoms in total. The number of nitrogens with two attached hydrogens (primary N) is 1. The molecule has 4 heteroatoms. The number of amides is 1. The zero-order chi connectivity index (χ0) is 9.84. The minimum atomic E-state index is -0.433. The largest absolute Gasteiger partial charge is 0.493 e. The Morgan fingerprint density at radius 2 is 2.31 bits per heavy atom. The molecule has 1 aromatic carbocycles. The first-order valence-electron chi connectivity index (χ1n) is 3.87. The Hall–Kier alpha value is -0.780. The van der Waals surface area contributed by atoms with Gasteiger partial charge in [-0.05, 0) is 47.7 Å². The normalized spacial score (nSPS) is 9.69. The van der Waals surface area contributed by atoms with Gasteiger partial charge in [0, 0.05) is 5.56 Å². The third-order valence-electron chi connectivity index (χ3n) is 1.52. The van der Waals surface area contributed by atoms with E-state index >= 15 is 0 Å². The highest BCUT2D eigenvalue weighted by atomic mass is 127. The van der Waals surface area contributed by atoms with Gasteiger partial charge in [0.15, 0.2) is 0 Å². The molecule has 1 amide bonds. The van der Waals surface area contributed by atoms with Crippen LogP contribution < -0.4 is 10.5 Å². The molecule has 0 saturated carbocycles. The maximum absolute atomic E-state index is 10.8. The molecule has 1 aromatic rings. The van der Waals surface area contributed by atoms with Gasteiger partial charge < -0.3 is 10.5 Å². The van der Waals surface area contributed by atoms with Crippen LogP contribution in [0.2, 0.25) is 0 Å². The van der Waals surface area contributed by atoms with Crippen molar-refractivity contribution < 1.29 is 9.53 Å². The summed E-state index contributed by atoms with van der Waals surface area (Å²) >= 11 is 2.15. The summed E-state index contributed by atoms with van der Waals surface area (Å²) in [6, 6.07) is 5.16. The molecule has 0 aliphatic carbocycles. The lowest BCUT2D eigenvalue weighted by Gasteiger charge is -2.06. The molecule has 0 spiro atoms. The highest BCUT2D eigenvalue weighted by molar-refractivity contribution is 14.1. The van der Waals surface area contributed by atoms with Crippen molar-refractivity contribution >= 4 is 28.5 Å². The molecule has 0 unspecified atom stereocenters. The van der Waals surface area contributed by atoms with Crippen LogP contribution in [0.15, 0.2) is 18.2 Å². The van der Waals surface area contributed by atoms with Gasteiger partial charge in [0.05, 0.1) is 10.2 Å². The molecule has 0 aliphatic heterocycles. The molecule has 70 valence electrons. The van der Waals surface area contributed by atoms with Gasteiger partial charge in [-0.2, -0.15) is 0 Å². The number of carbonyl (C=O) groups excluding carboxylic acids is 1. The molecular weight excluding hydrogens is 281 g/mol. The van der Waals surface area contributed by atoms with E-state index in [1.165, 1.54) is 0 Å². The van der Waals surface area contributed by atoms with Crippen LogP contribution in [0.5, 0.6) is 5.75 Å². The second-order valence-electron chi connectivity index (χ2n) is 2.44. The number of rotatable bonds is 3. The van der Waals surface area contributed by atoms with E-state index in [4.69, 9.17) is 10.5 Å². The zero-order valence-electron chi connectivity index (χ0n) is 7.21. The quantitative estimate of drug-likeness (QED) is 0.863. The fraction of sp³-hybridized carbons (Fsp3) is 0.222. The minimum Gasteiger partial charge on any atom is -0.493 e. The van der Waals surface area contributed by atoms with E-state index in [-0.39, 0.29) is 0 Å². The number of hydrogen-bond acceptors (Lipinski definition) is 2. The average molecular weight is 291 g/mol. The Balaban J connectivity index is 3.03. The Kier molecular flexibility index (Phi) is 3.53. The van der Waals surface area contributed by atoms with E-state index in [0.717, 1.165) is 3.57 Å². The molecule has 0 fully saturated rings. The van der Waals surface area contributed by atoms with Crippen molar-refractivity contribution in [2.45, 2.75) is 6.92 Å². The second kappa shape index (κ2) is 4.45. The highest BCUT2D eigenvalue weighted by Gasteiger charge is 2.05. The van der Waals surface area contributed by atoms with Crippen molar-refractivity contribution in [1.29, 1.82) is 0 Å². The molecule has 13 heavy (non-hydrogen) atoms. The van der Waals surface area contributed by atoms with Gasteiger partial charge in [0.1, 0.15) is 5.75 Å². The smallest absolute Gasteiger partial charge is 0.248 e. The summed E-state index contributed by atoms with van der Waals surface area (Å²) in [7, 11) is 0.